The van der Waals surface area contributed by atoms with Crippen molar-refractivity contribution < 1.29 is 13.9 Å². The Morgan fingerprint density at radius 3 is 2.10 bits per heavy atom. The molecule has 0 aliphatic carbocycles. The summed E-state index contributed by atoms with van der Waals surface area (Å²) < 4.78 is 10.5. The van der Waals surface area contributed by atoms with Gasteiger partial charge in [-0.1, -0.05) is 60.7 Å². The number of rotatable bonds is 5. The smallest absolute Gasteiger partial charge is 0.349 e. The maximum Gasteiger partial charge on any atom is 0.349 e. The van der Waals surface area contributed by atoms with Gasteiger partial charge in [0.2, 0.25) is 0 Å². The largest absolute Gasteiger partial charge is 0.497 e. The average Bonchev–Trinajstić information content (AvgIpc) is 2.77. The van der Waals surface area contributed by atoms with Gasteiger partial charge < -0.3 is 14.5 Å². The molecule has 1 heterocycles. The lowest BCUT2D eigenvalue weighted by molar-refractivity contribution is 0.0939. The van der Waals surface area contributed by atoms with Crippen LogP contribution >= 0.6 is 0 Å². The molecule has 0 saturated heterocycles. The zero-order valence-electron chi connectivity index (χ0n) is 15.8. The Hall–Kier alpha value is -3.86. The third-order valence-electron chi connectivity index (χ3n) is 4.73. The van der Waals surface area contributed by atoms with Crippen molar-refractivity contribution in [2.24, 2.45) is 0 Å². The zero-order chi connectivity index (χ0) is 20.2. The Balaban J connectivity index is 1.71. The van der Waals surface area contributed by atoms with E-state index in [1.165, 1.54) is 7.11 Å². The first-order chi connectivity index (χ1) is 14.2. The molecule has 0 aliphatic rings. The third kappa shape index (κ3) is 3.89. The molecule has 5 heteroatoms. The van der Waals surface area contributed by atoms with Gasteiger partial charge in [-0.15, -0.1) is 0 Å². The minimum absolute atomic E-state index is 0.0421. The van der Waals surface area contributed by atoms with Crippen LogP contribution in [0.3, 0.4) is 0 Å². The molecule has 0 radical (unpaired) electrons. The number of amides is 1. The first kappa shape index (κ1) is 18.5. The normalized spacial score (nSPS) is 10.8. The number of carbonyl (C=O) groups is 1. The second-order valence-electron chi connectivity index (χ2n) is 6.58. The fourth-order valence-electron chi connectivity index (χ4n) is 3.24. The number of nitrogens with one attached hydrogen (secondary N) is 1. The van der Waals surface area contributed by atoms with Gasteiger partial charge in [-0.3, -0.25) is 4.79 Å². The van der Waals surface area contributed by atoms with E-state index in [0.29, 0.717) is 16.7 Å². The van der Waals surface area contributed by atoms with Crippen molar-refractivity contribution in [1.29, 1.82) is 0 Å². The summed E-state index contributed by atoms with van der Waals surface area (Å²) in [5.41, 5.74) is 1.47. The molecule has 0 spiro atoms. The van der Waals surface area contributed by atoms with Gasteiger partial charge in [0.1, 0.15) is 16.9 Å². The molecule has 0 aliphatic heterocycles. The van der Waals surface area contributed by atoms with Gasteiger partial charge in [0.15, 0.2) is 0 Å². The van der Waals surface area contributed by atoms with Gasteiger partial charge >= 0.3 is 5.63 Å². The number of hydrogen-bond donors (Lipinski definition) is 1. The summed E-state index contributed by atoms with van der Waals surface area (Å²) in [6, 6.07) is 25.5. The van der Waals surface area contributed by atoms with Crippen LogP contribution < -0.4 is 15.7 Å². The van der Waals surface area contributed by atoms with Crippen LogP contribution in [0.4, 0.5) is 0 Å². The zero-order valence-corrected chi connectivity index (χ0v) is 15.8. The highest BCUT2D eigenvalue weighted by molar-refractivity contribution is 5.97. The number of hydrogen-bond acceptors (Lipinski definition) is 4. The molecule has 4 rings (SSSR count). The van der Waals surface area contributed by atoms with Crippen LogP contribution in [0.15, 0.2) is 94.1 Å². The summed E-state index contributed by atoms with van der Waals surface area (Å²) in [6.07, 6.45) is 0. The highest BCUT2D eigenvalue weighted by Crippen LogP contribution is 2.23. The number of fused-ring (bicyclic) bond motifs is 1. The molecule has 144 valence electrons. The SMILES string of the molecule is COc1ccc2cc(C(=O)NC(c3ccccc3)c3ccccc3)c(=O)oc2c1. The summed E-state index contributed by atoms with van der Waals surface area (Å²) in [7, 11) is 1.54. The van der Waals surface area contributed by atoms with Crippen molar-refractivity contribution >= 4 is 16.9 Å². The Labute approximate surface area is 167 Å². The van der Waals surface area contributed by atoms with Crippen molar-refractivity contribution in [1.82, 2.24) is 5.32 Å². The van der Waals surface area contributed by atoms with Crippen LogP contribution in [0.25, 0.3) is 11.0 Å². The van der Waals surface area contributed by atoms with Gasteiger partial charge in [-0.2, -0.15) is 0 Å². The molecule has 0 unspecified atom stereocenters. The molecule has 0 atom stereocenters. The van der Waals surface area contributed by atoms with Crippen molar-refractivity contribution in [3.8, 4) is 5.75 Å². The molecular formula is C24H19NO4. The van der Waals surface area contributed by atoms with E-state index in [4.69, 9.17) is 9.15 Å². The second-order valence-corrected chi connectivity index (χ2v) is 6.58. The van der Waals surface area contributed by atoms with Crippen molar-refractivity contribution in [2.45, 2.75) is 6.04 Å². The first-order valence-corrected chi connectivity index (χ1v) is 9.18. The fourth-order valence-corrected chi connectivity index (χ4v) is 3.24. The monoisotopic (exact) mass is 385 g/mol. The second kappa shape index (κ2) is 8.02. The van der Waals surface area contributed by atoms with Gasteiger partial charge in [-0.25, -0.2) is 4.79 Å². The fraction of sp³-hybridized carbons (Fsp3) is 0.0833. The number of carbonyl (C=O) groups excluding carboxylic acids is 1. The van der Waals surface area contributed by atoms with E-state index in [1.54, 1.807) is 24.3 Å². The van der Waals surface area contributed by atoms with E-state index in [-0.39, 0.29) is 5.56 Å². The van der Waals surface area contributed by atoms with Crippen LogP contribution in [-0.4, -0.2) is 13.0 Å². The van der Waals surface area contributed by atoms with E-state index in [1.807, 2.05) is 60.7 Å². The highest BCUT2D eigenvalue weighted by atomic mass is 16.5. The quantitative estimate of drug-likeness (QED) is 0.520. The summed E-state index contributed by atoms with van der Waals surface area (Å²) in [5, 5.41) is 3.62. The summed E-state index contributed by atoms with van der Waals surface area (Å²) >= 11 is 0. The average molecular weight is 385 g/mol. The summed E-state index contributed by atoms with van der Waals surface area (Å²) in [6.45, 7) is 0. The van der Waals surface area contributed by atoms with Crippen LogP contribution in [0, 0.1) is 0 Å². The molecule has 29 heavy (non-hydrogen) atoms. The maximum atomic E-state index is 13.0. The Morgan fingerprint density at radius 1 is 0.897 bits per heavy atom. The predicted octanol–water partition coefficient (Wildman–Crippen LogP) is 4.32. The van der Waals surface area contributed by atoms with Crippen LogP contribution in [0.2, 0.25) is 0 Å². The van der Waals surface area contributed by atoms with E-state index >= 15 is 0 Å². The molecule has 0 fully saturated rings. The Kier molecular flexibility index (Phi) is 5.12. The molecule has 3 aromatic carbocycles. The number of benzene rings is 3. The lowest BCUT2D eigenvalue weighted by Gasteiger charge is -2.19. The van der Waals surface area contributed by atoms with Crippen molar-refractivity contribution in [3.05, 3.63) is 112 Å². The number of ether oxygens (including phenoxy) is 1. The topological polar surface area (TPSA) is 68.5 Å². The molecule has 0 saturated carbocycles. The van der Waals surface area contributed by atoms with Crippen LogP contribution in [-0.2, 0) is 0 Å². The van der Waals surface area contributed by atoms with E-state index in [0.717, 1.165) is 11.1 Å². The minimum atomic E-state index is -0.692. The Morgan fingerprint density at radius 2 is 1.52 bits per heavy atom. The summed E-state index contributed by atoms with van der Waals surface area (Å²) in [5.74, 6) is 0.0836. The maximum absolute atomic E-state index is 13.0. The molecule has 5 nitrogen and oxygen atoms in total. The Bertz CT molecular complexity index is 1160. The molecular weight excluding hydrogens is 366 g/mol. The van der Waals surface area contributed by atoms with E-state index < -0.39 is 17.6 Å². The minimum Gasteiger partial charge on any atom is -0.497 e. The van der Waals surface area contributed by atoms with Crippen LogP contribution in [0.5, 0.6) is 5.75 Å². The highest BCUT2D eigenvalue weighted by Gasteiger charge is 2.20. The molecule has 1 aromatic heterocycles. The molecule has 1 amide bonds. The number of methoxy groups -OCH3 is 1. The standard InChI is InChI=1S/C24H19NO4/c1-28-19-13-12-18-14-20(24(27)29-21(18)15-19)23(26)25-22(16-8-4-2-5-9-16)17-10-6-3-7-11-17/h2-15,22H,1H3,(H,25,26). The van der Waals surface area contributed by atoms with Crippen LogP contribution in [0.1, 0.15) is 27.5 Å². The lowest BCUT2D eigenvalue weighted by Crippen LogP contribution is -2.32. The molecule has 0 bridgehead atoms. The third-order valence-corrected chi connectivity index (χ3v) is 4.73. The van der Waals surface area contributed by atoms with E-state index in [9.17, 15) is 9.59 Å². The van der Waals surface area contributed by atoms with E-state index in [2.05, 4.69) is 5.32 Å². The van der Waals surface area contributed by atoms with Gasteiger partial charge in [0, 0.05) is 11.5 Å². The summed E-state index contributed by atoms with van der Waals surface area (Å²) in [4.78, 5) is 25.5. The van der Waals surface area contributed by atoms with Crippen molar-refractivity contribution in [3.63, 3.8) is 0 Å². The first-order valence-electron chi connectivity index (χ1n) is 9.18. The molecule has 1 N–H and O–H groups in total. The lowest BCUT2D eigenvalue weighted by atomic mass is 9.98. The van der Waals surface area contributed by atoms with Gasteiger partial charge in [0.05, 0.1) is 13.2 Å². The van der Waals surface area contributed by atoms with Crippen molar-refractivity contribution in [2.75, 3.05) is 7.11 Å². The predicted molar refractivity (Wildman–Crippen MR) is 111 cm³/mol. The van der Waals surface area contributed by atoms with Gasteiger partial charge in [0.25, 0.3) is 5.91 Å². The molecule has 4 aromatic rings. The van der Waals surface area contributed by atoms with Gasteiger partial charge in [-0.05, 0) is 29.3 Å².